The summed E-state index contributed by atoms with van der Waals surface area (Å²) in [7, 11) is 0. The number of nitrogens with zero attached hydrogens (tertiary/aromatic N) is 3. The smallest absolute Gasteiger partial charge is 0.305 e. The van der Waals surface area contributed by atoms with E-state index in [9.17, 15) is 4.79 Å². The zero-order valence-electron chi connectivity index (χ0n) is 11.0. The summed E-state index contributed by atoms with van der Waals surface area (Å²) in [5.74, 6) is 0.431. The van der Waals surface area contributed by atoms with Crippen LogP contribution in [0, 0.1) is 0 Å². The molecular formula is C15H8Cl2N4O. The Morgan fingerprint density at radius 2 is 1.86 bits per heavy atom. The maximum Gasteiger partial charge on any atom is 0.348 e. The maximum atomic E-state index is 12.1. The molecule has 2 heterocycles. The number of aromatic amines is 1. The summed E-state index contributed by atoms with van der Waals surface area (Å²) in [6.45, 7) is 0. The van der Waals surface area contributed by atoms with E-state index >= 15 is 0 Å². The zero-order chi connectivity index (χ0) is 15.3. The van der Waals surface area contributed by atoms with Crippen LogP contribution in [-0.2, 0) is 0 Å². The second-order valence-corrected chi connectivity index (χ2v) is 5.67. The molecule has 0 radical (unpaired) electrons. The fourth-order valence-electron chi connectivity index (χ4n) is 2.36. The van der Waals surface area contributed by atoms with Crippen LogP contribution in [0.5, 0.6) is 0 Å². The lowest BCUT2D eigenvalue weighted by atomic mass is 10.2. The quantitative estimate of drug-likeness (QED) is 0.580. The van der Waals surface area contributed by atoms with Gasteiger partial charge in [0.1, 0.15) is 0 Å². The molecule has 7 heteroatoms. The molecule has 0 aliphatic carbocycles. The highest BCUT2D eigenvalue weighted by Crippen LogP contribution is 2.23. The van der Waals surface area contributed by atoms with E-state index in [4.69, 9.17) is 23.2 Å². The minimum atomic E-state index is -0.356. The summed E-state index contributed by atoms with van der Waals surface area (Å²) in [5.41, 5.74) is 1.50. The molecule has 0 spiro atoms. The van der Waals surface area contributed by atoms with E-state index in [-0.39, 0.29) is 5.69 Å². The first-order valence-corrected chi connectivity index (χ1v) is 7.22. The van der Waals surface area contributed by atoms with Crippen LogP contribution < -0.4 is 5.69 Å². The Labute approximate surface area is 134 Å². The number of hydrogen-bond donors (Lipinski definition) is 1. The molecule has 0 atom stereocenters. The van der Waals surface area contributed by atoms with E-state index in [1.54, 1.807) is 30.3 Å². The third-order valence-corrected chi connectivity index (χ3v) is 3.82. The highest BCUT2D eigenvalue weighted by atomic mass is 35.5. The van der Waals surface area contributed by atoms with Crippen molar-refractivity contribution in [2.75, 3.05) is 0 Å². The van der Waals surface area contributed by atoms with Gasteiger partial charge in [0.25, 0.3) is 0 Å². The average Bonchev–Trinajstić information content (AvgIpc) is 2.94. The van der Waals surface area contributed by atoms with Gasteiger partial charge >= 0.3 is 5.69 Å². The first kappa shape index (κ1) is 13.3. The average molecular weight is 331 g/mol. The number of nitrogens with one attached hydrogen (secondary N) is 1. The number of aromatic nitrogens is 4. The first-order valence-electron chi connectivity index (χ1n) is 6.46. The molecule has 0 aliphatic heterocycles. The molecule has 0 unspecified atom stereocenters. The molecule has 0 saturated carbocycles. The zero-order valence-corrected chi connectivity index (χ0v) is 12.6. The molecule has 22 heavy (non-hydrogen) atoms. The summed E-state index contributed by atoms with van der Waals surface area (Å²) in [5, 5.41) is 6.14. The Morgan fingerprint density at radius 3 is 2.68 bits per heavy atom. The summed E-state index contributed by atoms with van der Waals surface area (Å²) >= 11 is 12.0. The van der Waals surface area contributed by atoms with Crippen LogP contribution in [-0.4, -0.2) is 19.6 Å². The summed E-state index contributed by atoms with van der Waals surface area (Å²) in [6, 6.07) is 12.4. The highest BCUT2D eigenvalue weighted by molar-refractivity contribution is 6.31. The third kappa shape index (κ3) is 2.06. The maximum absolute atomic E-state index is 12.1. The Morgan fingerprint density at radius 1 is 1.05 bits per heavy atom. The summed E-state index contributed by atoms with van der Waals surface area (Å²) in [4.78, 5) is 19.4. The Balaban J connectivity index is 2.08. The molecule has 5 nitrogen and oxygen atoms in total. The van der Waals surface area contributed by atoms with Crippen LogP contribution in [0.25, 0.3) is 27.9 Å². The summed E-state index contributed by atoms with van der Waals surface area (Å²) in [6.07, 6.45) is 0. The number of H-pyrrole nitrogens is 1. The van der Waals surface area contributed by atoms with E-state index in [0.29, 0.717) is 27.0 Å². The van der Waals surface area contributed by atoms with Crippen molar-refractivity contribution in [2.45, 2.75) is 0 Å². The van der Waals surface area contributed by atoms with Gasteiger partial charge in [0, 0.05) is 21.0 Å². The predicted molar refractivity (Wildman–Crippen MR) is 86.6 cm³/mol. The molecule has 2 aromatic carbocycles. The van der Waals surface area contributed by atoms with Gasteiger partial charge < -0.3 is 4.98 Å². The van der Waals surface area contributed by atoms with Gasteiger partial charge in [0.2, 0.25) is 0 Å². The number of fused-ring (bicyclic) bond motifs is 3. The topological polar surface area (TPSA) is 63.0 Å². The van der Waals surface area contributed by atoms with Crippen LogP contribution >= 0.6 is 23.2 Å². The van der Waals surface area contributed by atoms with Crippen LogP contribution in [0.1, 0.15) is 0 Å². The van der Waals surface area contributed by atoms with E-state index in [1.807, 2.05) is 12.1 Å². The van der Waals surface area contributed by atoms with Gasteiger partial charge in [-0.2, -0.15) is 4.52 Å². The van der Waals surface area contributed by atoms with Crippen molar-refractivity contribution in [1.29, 1.82) is 0 Å². The molecule has 0 saturated heterocycles. The second kappa shape index (κ2) is 4.83. The monoisotopic (exact) mass is 330 g/mol. The van der Waals surface area contributed by atoms with Crippen molar-refractivity contribution in [3.8, 4) is 11.4 Å². The molecule has 4 aromatic rings. The first-order chi connectivity index (χ1) is 10.6. The highest BCUT2D eigenvalue weighted by Gasteiger charge is 2.12. The molecule has 0 aliphatic rings. The predicted octanol–water partition coefficient (Wildman–Crippen LogP) is 3.54. The normalized spacial score (nSPS) is 11.4. The molecule has 0 amide bonds. The molecule has 2 aromatic heterocycles. The Bertz CT molecular complexity index is 1080. The van der Waals surface area contributed by atoms with Crippen molar-refractivity contribution >= 4 is 39.8 Å². The number of halogens is 2. The van der Waals surface area contributed by atoms with Crippen LogP contribution in [0.4, 0.5) is 0 Å². The van der Waals surface area contributed by atoms with Crippen LogP contribution in [0.15, 0.2) is 47.3 Å². The number of benzene rings is 2. The standard InChI is InChI=1S/C15H8Cl2N4O/c16-9-3-1-2-8(6-9)13-19-14-11-7-10(17)4-5-12(11)18-15(22)21(14)20-13/h1-7H,(H,18,22). The lowest BCUT2D eigenvalue weighted by molar-refractivity contribution is 0.885. The second-order valence-electron chi connectivity index (χ2n) is 4.80. The van der Waals surface area contributed by atoms with E-state index in [2.05, 4.69) is 15.1 Å². The van der Waals surface area contributed by atoms with Crippen LogP contribution in [0.2, 0.25) is 10.0 Å². The molecule has 0 bridgehead atoms. The molecule has 108 valence electrons. The van der Waals surface area contributed by atoms with Crippen LogP contribution in [0.3, 0.4) is 0 Å². The Hall–Kier alpha value is -2.37. The van der Waals surface area contributed by atoms with E-state index in [1.165, 1.54) is 4.52 Å². The third-order valence-electron chi connectivity index (χ3n) is 3.35. The lowest BCUT2D eigenvalue weighted by Crippen LogP contribution is -2.17. The van der Waals surface area contributed by atoms with Crippen molar-refractivity contribution in [1.82, 2.24) is 19.6 Å². The molecule has 0 fully saturated rings. The fraction of sp³-hybridized carbons (Fsp3) is 0. The van der Waals surface area contributed by atoms with Gasteiger partial charge in [0.05, 0.1) is 5.52 Å². The van der Waals surface area contributed by atoms with Gasteiger partial charge in [0.15, 0.2) is 11.5 Å². The molecule has 4 rings (SSSR count). The minimum absolute atomic E-state index is 0.356. The SMILES string of the molecule is O=c1[nH]c2ccc(Cl)cc2c2nc(-c3cccc(Cl)c3)nn12. The number of rotatable bonds is 1. The summed E-state index contributed by atoms with van der Waals surface area (Å²) < 4.78 is 1.23. The van der Waals surface area contributed by atoms with Gasteiger partial charge in [-0.3, -0.25) is 0 Å². The van der Waals surface area contributed by atoms with Crippen molar-refractivity contribution in [2.24, 2.45) is 0 Å². The van der Waals surface area contributed by atoms with E-state index in [0.717, 1.165) is 10.9 Å². The van der Waals surface area contributed by atoms with Gasteiger partial charge in [-0.15, -0.1) is 5.10 Å². The van der Waals surface area contributed by atoms with Crippen molar-refractivity contribution in [3.63, 3.8) is 0 Å². The minimum Gasteiger partial charge on any atom is -0.305 e. The van der Waals surface area contributed by atoms with Crippen molar-refractivity contribution in [3.05, 3.63) is 63.0 Å². The fourth-order valence-corrected chi connectivity index (χ4v) is 2.72. The molecular weight excluding hydrogens is 323 g/mol. The van der Waals surface area contributed by atoms with Gasteiger partial charge in [-0.1, -0.05) is 35.3 Å². The Kier molecular flexibility index (Phi) is 2.92. The lowest BCUT2D eigenvalue weighted by Gasteiger charge is -1.99. The van der Waals surface area contributed by atoms with Crippen molar-refractivity contribution < 1.29 is 0 Å². The van der Waals surface area contributed by atoms with Gasteiger partial charge in [-0.05, 0) is 30.3 Å². The molecule has 1 N–H and O–H groups in total. The largest absolute Gasteiger partial charge is 0.348 e. The van der Waals surface area contributed by atoms with E-state index < -0.39 is 0 Å². The number of hydrogen-bond acceptors (Lipinski definition) is 3. The van der Waals surface area contributed by atoms with Gasteiger partial charge in [-0.25, -0.2) is 9.78 Å².